The van der Waals surface area contributed by atoms with Crippen molar-refractivity contribution in [3.63, 3.8) is 0 Å². The zero-order valence-corrected chi connectivity index (χ0v) is 12.0. The summed E-state index contributed by atoms with van der Waals surface area (Å²) in [6.45, 7) is 0.592. The number of aromatic nitrogens is 4. The summed E-state index contributed by atoms with van der Waals surface area (Å²) >= 11 is 18.1. The zero-order chi connectivity index (χ0) is 13.4. The third-order valence-electron chi connectivity index (χ3n) is 2.88. The fraction of sp³-hybridized carbons (Fsp3) is 0.364. The van der Waals surface area contributed by atoms with E-state index in [2.05, 4.69) is 20.8 Å². The van der Waals surface area contributed by atoms with Gasteiger partial charge in [0, 0.05) is 6.04 Å². The molecule has 5 nitrogen and oxygen atoms in total. The monoisotopic (exact) mass is 317 g/mol. The first-order valence-electron chi connectivity index (χ1n) is 5.80. The van der Waals surface area contributed by atoms with Gasteiger partial charge in [0.2, 0.25) is 0 Å². The Labute approximate surface area is 124 Å². The Morgan fingerprint density at radius 3 is 2.63 bits per heavy atom. The number of hydrogen-bond donors (Lipinski definition) is 1. The number of nitrogens with zero attached hydrogens (tertiary/aromatic N) is 4. The van der Waals surface area contributed by atoms with E-state index in [0.717, 1.165) is 0 Å². The SMILES string of the molecule is Clc1cc(Cl)c(-n2nnnc2CNC2CC2)cc1Cl. The van der Waals surface area contributed by atoms with Gasteiger partial charge in [-0.3, -0.25) is 0 Å². The van der Waals surface area contributed by atoms with E-state index in [-0.39, 0.29) is 0 Å². The van der Waals surface area contributed by atoms with E-state index in [1.54, 1.807) is 16.8 Å². The van der Waals surface area contributed by atoms with Crippen molar-refractivity contribution in [2.45, 2.75) is 25.4 Å². The van der Waals surface area contributed by atoms with Crippen LogP contribution in [0.2, 0.25) is 15.1 Å². The fourth-order valence-corrected chi connectivity index (χ4v) is 2.32. The Morgan fingerprint density at radius 1 is 1.16 bits per heavy atom. The molecule has 1 N–H and O–H groups in total. The number of benzene rings is 1. The highest BCUT2D eigenvalue weighted by atomic mass is 35.5. The molecular formula is C11H10Cl3N5. The lowest BCUT2D eigenvalue weighted by Gasteiger charge is -2.08. The molecule has 0 spiro atoms. The van der Waals surface area contributed by atoms with Gasteiger partial charge in [-0.1, -0.05) is 34.8 Å². The maximum Gasteiger partial charge on any atom is 0.170 e. The highest BCUT2D eigenvalue weighted by molar-refractivity contribution is 6.43. The lowest BCUT2D eigenvalue weighted by molar-refractivity contribution is 0.638. The zero-order valence-electron chi connectivity index (χ0n) is 9.78. The molecular weight excluding hydrogens is 309 g/mol. The van der Waals surface area contributed by atoms with Gasteiger partial charge in [0.25, 0.3) is 0 Å². The van der Waals surface area contributed by atoms with Crippen LogP contribution in [0.3, 0.4) is 0 Å². The van der Waals surface area contributed by atoms with Gasteiger partial charge in [0.15, 0.2) is 5.82 Å². The van der Waals surface area contributed by atoms with Crippen molar-refractivity contribution in [1.82, 2.24) is 25.5 Å². The highest BCUT2D eigenvalue weighted by Gasteiger charge is 2.22. The maximum absolute atomic E-state index is 6.16. The molecule has 0 amide bonds. The Bertz CT molecular complexity index is 608. The van der Waals surface area contributed by atoms with Gasteiger partial charge in [0.05, 0.1) is 27.3 Å². The largest absolute Gasteiger partial charge is 0.307 e. The fourth-order valence-electron chi connectivity index (χ4n) is 1.70. The van der Waals surface area contributed by atoms with E-state index >= 15 is 0 Å². The van der Waals surface area contributed by atoms with Crippen LogP contribution in [0.4, 0.5) is 0 Å². The quantitative estimate of drug-likeness (QED) is 0.881. The minimum Gasteiger partial charge on any atom is -0.307 e. The summed E-state index contributed by atoms with van der Waals surface area (Å²) in [4.78, 5) is 0. The minimum atomic E-state index is 0.404. The number of tetrazole rings is 1. The lowest BCUT2D eigenvalue weighted by atomic mass is 10.3. The first-order valence-corrected chi connectivity index (χ1v) is 6.94. The van der Waals surface area contributed by atoms with E-state index in [0.29, 0.717) is 39.2 Å². The average Bonchev–Trinajstić information content (AvgIpc) is 3.09. The van der Waals surface area contributed by atoms with E-state index in [1.807, 2.05) is 0 Å². The summed E-state index contributed by atoms with van der Waals surface area (Å²) in [5.41, 5.74) is 0.619. The van der Waals surface area contributed by atoms with Crippen molar-refractivity contribution < 1.29 is 0 Å². The van der Waals surface area contributed by atoms with Gasteiger partial charge in [-0.25, -0.2) is 0 Å². The molecule has 100 valence electrons. The molecule has 0 unspecified atom stereocenters. The molecule has 8 heteroatoms. The van der Waals surface area contributed by atoms with Gasteiger partial charge in [-0.2, -0.15) is 4.68 Å². The third-order valence-corrected chi connectivity index (χ3v) is 3.90. The van der Waals surface area contributed by atoms with Crippen molar-refractivity contribution >= 4 is 34.8 Å². The predicted molar refractivity (Wildman–Crippen MR) is 74.0 cm³/mol. The summed E-state index contributed by atoms with van der Waals surface area (Å²) in [5.74, 6) is 0.687. The van der Waals surface area contributed by atoms with E-state index in [9.17, 15) is 0 Å². The summed E-state index contributed by atoms with van der Waals surface area (Å²) in [5, 5.41) is 16.2. The Morgan fingerprint density at radius 2 is 1.89 bits per heavy atom. The number of nitrogens with one attached hydrogen (secondary N) is 1. The molecule has 1 saturated carbocycles. The van der Waals surface area contributed by atoms with Crippen molar-refractivity contribution in [1.29, 1.82) is 0 Å². The van der Waals surface area contributed by atoms with Crippen molar-refractivity contribution in [2.75, 3.05) is 0 Å². The number of halogens is 3. The molecule has 1 aromatic heterocycles. The van der Waals surface area contributed by atoms with Gasteiger partial charge in [-0.15, -0.1) is 5.10 Å². The minimum absolute atomic E-state index is 0.404. The normalized spacial score (nSPS) is 14.9. The van der Waals surface area contributed by atoms with Crippen molar-refractivity contribution in [3.05, 3.63) is 33.0 Å². The lowest BCUT2D eigenvalue weighted by Crippen LogP contribution is -2.19. The summed E-state index contributed by atoms with van der Waals surface area (Å²) < 4.78 is 1.57. The highest BCUT2D eigenvalue weighted by Crippen LogP contribution is 2.31. The summed E-state index contributed by atoms with van der Waals surface area (Å²) in [6.07, 6.45) is 2.41. The van der Waals surface area contributed by atoms with Crippen LogP contribution in [0.1, 0.15) is 18.7 Å². The van der Waals surface area contributed by atoms with Crippen molar-refractivity contribution in [2.24, 2.45) is 0 Å². The molecule has 19 heavy (non-hydrogen) atoms. The van der Waals surface area contributed by atoms with Crippen LogP contribution in [0.15, 0.2) is 12.1 Å². The second-order valence-corrected chi connectivity index (χ2v) is 5.60. The third kappa shape index (κ3) is 2.84. The summed E-state index contributed by atoms with van der Waals surface area (Å²) in [6, 6.07) is 3.82. The second-order valence-electron chi connectivity index (χ2n) is 4.38. The van der Waals surface area contributed by atoms with Crippen LogP contribution in [0.5, 0.6) is 0 Å². The predicted octanol–water partition coefficient (Wildman–Crippen LogP) is 2.87. The van der Waals surface area contributed by atoms with E-state index in [4.69, 9.17) is 34.8 Å². The molecule has 0 bridgehead atoms. The van der Waals surface area contributed by atoms with Gasteiger partial charge >= 0.3 is 0 Å². The first kappa shape index (κ1) is 13.1. The van der Waals surface area contributed by atoms with E-state index < -0.39 is 0 Å². The molecule has 0 atom stereocenters. The van der Waals surface area contributed by atoms with E-state index in [1.165, 1.54) is 12.8 Å². The first-order chi connectivity index (χ1) is 9.15. The maximum atomic E-state index is 6.16. The van der Waals surface area contributed by atoms with Crippen LogP contribution < -0.4 is 5.32 Å². The van der Waals surface area contributed by atoms with Gasteiger partial charge < -0.3 is 5.32 Å². The van der Waals surface area contributed by atoms with Crippen LogP contribution in [-0.2, 0) is 6.54 Å². The Hall–Kier alpha value is -0.880. The average molecular weight is 319 g/mol. The molecule has 1 aliphatic carbocycles. The molecule has 0 aliphatic heterocycles. The van der Waals surface area contributed by atoms with Crippen LogP contribution in [-0.4, -0.2) is 26.2 Å². The molecule has 0 radical (unpaired) electrons. The topological polar surface area (TPSA) is 55.6 Å². The van der Waals surface area contributed by atoms with Crippen LogP contribution in [0.25, 0.3) is 5.69 Å². The molecule has 2 aromatic rings. The molecule has 1 aliphatic rings. The smallest absolute Gasteiger partial charge is 0.170 e. The standard InChI is InChI=1S/C11H10Cl3N5/c12-7-3-9(14)10(4-8(7)13)19-11(16-17-18-19)5-15-6-1-2-6/h3-4,6,15H,1-2,5H2. The van der Waals surface area contributed by atoms with Crippen molar-refractivity contribution in [3.8, 4) is 5.69 Å². The molecule has 3 rings (SSSR count). The van der Waals surface area contributed by atoms with Gasteiger partial charge in [-0.05, 0) is 35.4 Å². The molecule has 1 aromatic carbocycles. The van der Waals surface area contributed by atoms with Crippen LogP contribution in [0, 0.1) is 0 Å². The molecule has 1 heterocycles. The molecule has 0 saturated heterocycles. The van der Waals surface area contributed by atoms with Gasteiger partial charge in [0.1, 0.15) is 0 Å². The Kier molecular flexibility index (Phi) is 3.62. The number of hydrogen-bond acceptors (Lipinski definition) is 4. The number of rotatable bonds is 4. The second kappa shape index (κ2) is 5.25. The molecule has 1 fully saturated rings. The van der Waals surface area contributed by atoms with Crippen LogP contribution >= 0.6 is 34.8 Å². The summed E-state index contributed by atoms with van der Waals surface area (Å²) in [7, 11) is 0. The Balaban J connectivity index is 1.92.